The minimum absolute atomic E-state index is 0.0789. The molecule has 2 aromatic carbocycles. The number of carbonyl (C=O) groups excluding carboxylic acids is 1. The number of aromatic nitrogens is 1. The number of fused-ring (bicyclic) bond motifs is 2. The van der Waals surface area contributed by atoms with Crippen molar-refractivity contribution in [3.63, 3.8) is 0 Å². The Balaban J connectivity index is 1.27. The highest BCUT2D eigenvalue weighted by Crippen LogP contribution is 2.46. The molecule has 0 aliphatic carbocycles. The quantitative estimate of drug-likeness (QED) is 0.457. The summed E-state index contributed by atoms with van der Waals surface area (Å²) >= 11 is 0. The fourth-order valence-corrected chi connectivity index (χ4v) is 7.70. The predicted octanol–water partition coefficient (Wildman–Crippen LogP) is 4.38. The number of carbonyl (C=O) groups is 1. The molecule has 1 aromatic heterocycles. The van der Waals surface area contributed by atoms with Gasteiger partial charge in [0.1, 0.15) is 10.5 Å². The van der Waals surface area contributed by atoms with Gasteiger partial charge in [-0.2, -0.15) is 9.41 Å². The number of methoxy groups -OCH3 is 1. The Kier molecular flexibility index (Phi) is 6.19. The third-order valence-electron chi connectivity index (χ3n) is 8.21. The van der Waals surface area contributed by atoms with E-state index in [2.05, 4.69) is 4.98 Å². The summed E-state index contributed by atoms with van der Waals surface area (Å²) in [6.45, 7) is 8.46. The maximum absolute atomic E-state index is 13.7. The number of ether oxygens (including phenoxy) is 2. The summed E-state index contributed by atoms with van der Waals surface area (Å²) in [7, 11) is -2.12. The molecule has 1 fully saturated rings. The van der Waals surface area contributed by atoms with Crippen LogP contribution in [-0.2, 0) is 21.2 Å². The van der Waals surface area contributed by atoms with Gasteiger partial charge in [-0.15, -0.1) is 0 Å². The van der Waals surface area contributed by atoms with Gasteiger partial charge in [0.2, 0.25) is 10.0 Å². The van der Waals surface area contributed by atoms with Gasteiger partial charge in [0.25, 0.3) is 5.91 Å². The van der Waals surface area contributed by atoms with Crippen LogP contribution in [0.25, 0.3) is 10.9 Å². The van der Waals surface area contributed by atoms with E-state index < -0.39 is 21.0 Å². The Hall–Kier alpha value is -3.50. The molecule has 6 rings (SSSR count). The number of nitrogens with zero attached hydrogens (tertiary/aromatic N) is 4. The number of rotatable bonds is 5. The largest absolute Gasteiger partial charge is 0.493 e. The lowest BCUT2D eigenvalue weighted by atomic mass is 9.80. The van der Waals surface area contributed by atoms with Crippen LogP contribution in [0.5, 0.6) is 11.5 Å². The number of hydrazone groups is 1. The van der Waals surface area contributed by atoms with Crippen LogP contribution in [0.4, 0.5) is 0 Å². The van der Waals surface area contributed by atoms with Gasteiger partial charge in [-0.3, -0.25) is 9.78 Å². The van der Waals surface area contributed by atoms with Gasteiger partial charge < -0.3 is 9.47 Å². The highest BCUT2D eigenvalue weighted by molar-refractivity contribution is 7.89. The molecule has 3 aromatic rings. The van der Waals surface area contributed by atoms with Crippen molar-refractivity contribution in [2.45, 2.75) is 63.5 Å². The molecule has 0 saturated carbocycles. The van der Waals surface area contributed by atoms with Crippen LogP contribution >= 0.6 is 0 Å². The molecule has 9 nitrogen and oxygen atoms in total. The smallest absolute Gasteiger partial charge is 0.254 e. The van der Waals surface area contributed by atoms with E-state index in [4.69, 9.17) is 14.6 Å². The number of amides is 1. The lowest BCUT2D eigenvalue weighted by Crippen LogP contribution is -2.47. The molecule has 40 heavy (non-hydrogen) atoms. The van der Waals surface area contributed by atoms with Gasteiger partial charge in [-0.25, -0.2) is 13.4 Å². The van der Waals surface area contributed by atoms with Gasteiger partial charge >= 0.3 is 0 Å². The number of sulfonamides is 1. The Labute approximate surface area is 234 Å². The van der Waals surface area contributed by atoms with Gasteiger partial charge in [-0.05, 0) is 64.8 Å². The van der Waals surface area contributed by atoms with Gasteiger partial charge in [0, 0.05) is 42.2 Å². The molecule has 0 radical (unpaired) electrons. The molecule has 0 spiro atoms. The van der Waals surface area contributed by atoms with Crippen molar-refractivity contribution in [2.24, 2.45) is 10.5 Å². The maximum atomic E-state index is 13.7. The summed E-state index contributed by atoms with van der Waals surface area (Å²) in [6.07, 6.45) is 3.27. The van der Waals surface area contributed by atoms with E-state index in [-0.39, 0.29) is 16.8 Å². The molecular formula is C30H34N4O5S. The van der Waals surface area contributed by atoms with E-state index in [0.29, 0.717) is 55.1 Å². The van der Waals surface area contributed by atoms with Crippen molar-refractivity contribution < 1.29 is 22.7 Å². The topological polar surface area (TPSA) is 101 Å². The van der Waals surface area contributed by atoms with Gasteiger partial charge in [-0.1, -0.05) is 18.2 Å². The summed E-state index contributed by atoms with van der Waals surface area (Å²) in [6, 6.07) is 12.5. The summed E-state index contributed by atoms with van der Waals surface area (Å²) in [5, 5.41) is 7.28. The SMILES string of the molecule is COc1ccc(C2=NN(C3CCN(S(=O)(=O)c4cccc5cccnc45)CC3)C(=O)C2(C)C)c2c1OC(C)(C)C2. The standard InChI is InChI=1S/C30H34N4O5S/c1-29(2)18-22-21(11-12-23(38-5)26(22)39-29)27-30(3,4)28(35)34(32-27)20-13-16-33(17-14-20)40(36,37)24-10-6-8-19-9-7-15-31-25(19)24/h6-12,15,20H,13-14,16-18H2,1-5H3. The minimum atomic E-state index is -3.74. The van der Waals surface area contributed by atoms with E-state index >= 15 is 0 Å². The minimum Gasteiger partial charge on any atom is -0.493 e. The Morgan fingerprint density at radius 1 is 1.02 bits per heavy atom. The molecule has 10 heteroatoms. The molecule has 0 bridgehead atoms. The van der Waals surface area contributed by atoms with Crippen molar-refractivity contribution >= 4 is 32.5 Å². The fraction of sp³-hybridized carbons (Fsp3) is 0.433. The summed E-state index contributed by atoms with van der Waals surface area (Å²) in [5.74, 6) is 1.29. The first-order valence-corrected chi connectivity index (χ1v) is 15.0. The monoisotopic (exact) mass is 562 g/mol. The molecule has 0 N–H and O–H groups in total. The molecule has 3 aliphatic heterocycles. The summed E-state index contributed by atoms with van der Waals surface area (Å²) in [5.41, 5.74) is 1.83. The van der Waals surface area contributed by atoms with Crippen LogP contribution in [0.1, 0.15) is 51.7 Å². The number of para-hydroxylation sites is 1. The van der Waals surface area contributed by atoms with Crippen molar-refractivity contribution in [1.29, 1.82) is 0 Å². The third-order valence-corrected chi connectivity index (χ3v) is 10.1. The van der Waals surface area contributed by atoms with E-state index in [1.807, 2.05) is 52.0 Å². The molecule has 1 saturated heterocycles. The van der Waals surface area contributed by atoms with Gasteiger partial charge in [0.05, 0.1) is 29.8 Å². The van der Waals surface area contributed by atoms with Crippen LogP contribution in [0.2, 0.25) is 0 Å². The van der Waals surface area contributed by atoms with Crippen molar-refractivity contribution in [1.82, 2.24) is 14.3 Å². The Morgan fingerprint density at radius 3 is 2.48 bits per heavy atom. The number of benzene rings is 2. The van der Waals surface area contributed by atoms with Crippen LogP contribution in [0.3, 0.4) is 0 Å². The average Bonchev–Trinajstić information content (AvgIpc) is 3.39. The lowest BCUT2D eigenvalue weighted by Gasteiger charge is -2.35. The first-order chi connectivity index (χ1) is 18.9. The van der Waals surface area contributed by atoms with E-state index in [0.717, 1.165) is 16.5 Å². The normalized spacial score (nSPS) is 20.9. The van der Waals surface area contributed by atoms with Crippen LogP contribution in [0, 0.1) is 5.41 Å². The maximum Gasteiger partial charge on any atom is 0.254 e. The van der Waals surface area contributed by atoms with Crippen molar-refractivity contribution in [3.05, 3.63) is 59.8 Å². The first-order valence-electron chi connectivity index (χ1n) is 13.6. The average molecular weight is 563 g/mol. The second-order valence-corrected chi connectivity index (χ2v) is 13.8. The number of hydrogen-bond acceptors (Lipinski definition) is 7. The molecule has 210 valence electrons. The van der Waals surface area contributed by atoms with Crippen molar-refractivity contribution in [2.75, 3.05) is 20.2 Å². The van der Waals surface area contributed by atoms with E-state index in [1.165, 1.54) is 4.31 Å². The third kappa shape index (κ3) is 4.16. The molecule has 1 amide bonds. The lowest BCUT2D eigenvalue weighted by molar-refractivity contribution is -0.137. The number of hydrogen-bond donors (Lipinski definition) is 0. The van der Waals surface area contributed by atoms with Crippen molar-refractivity contribution in [3.8, 4) is 11.5 Å². The van der Waals surface area contributed by atoms with E-state index in [1.54, 1.807) is 36.5 Å². The Bertz CT molecular complexity index is 1650. The summed E-state index contributed by atoms with van der Waals surface area (Å²) < 4.78 is 40.5. The van der Waals surface area contributed by atoms with E-state index in [9.17, 15) is 13.2 Å². The number of piperidine rings is 1. The molecule has 0 atom stereocenters. The summed E-state index contributed by atoms with van der Waals surface area (Å²) in [4.78, 5) is 18.3. The fourth-order valence-electron chi connectivity index (χ4n) is 6.07. The molecule has 3 aliphatic rings. The van der Waals surface area contributed by atoms with Crippen LogP contribution in [-0.4, -0.2) is 66.2 Å². The molecule has 0 unspecified atom stereocenters. The van der Waals surface area contributed by atoms with Crippen LogP contribution in [0.15, 0.2) is 58.7 Å². The van der Waals surface area contributed by atoms with Crippen LogP contribution < -0.4 is 9.47 Å². The zero-order valence-electron chi connectivity index (χ0n) is 23.5. The zero-order valence-corrected chi connectivity index (χ0v) is 24.3. The first kappa shape index (κ1) is 26.7. The second-order valence-electron chi connectivity index (χ2n) is 11.9. The molecular weight excluding hydrogens is 528 g/mol. The highest BCUT2D eigenvalue weighted by atomic mass is 32.2. The second kappa shape index (κ2) is 9.27. The Morgan fingerprint density at radius 2 is 1.75 bits per heavy atom. The zero-order chi connectivity index (χ0) is 28.4. The number of pyridine rings is 1. The van der Waals surface area contributed by atoms with Gasteiger partial charge in [0.15, 0.2) is 11.5 Å². The molecule has 4 heterocycles. The predicted molar refractivity (Wildman–Crippen MR) is 152 cm³/mol. The highest BCUT2D eigenvalue weighted by Gasteiger charge is 2.49.